The summed E-state index contributed by atoms with van der Waals surface area (Å²) < 4.78 is 6.04. The lowest BCUT2D eigenvalue weighted by Crippen LogP contribution is -2.26. The van der Waals surface area contributed by atoms with Gasteiger partial charge in [-0.1, -0.05) is 66.3 Å². The Morgan fingerprint density at radius 3 is 2.44 bits per heavy atom. The van der Waals surface area contributed by atoms with E-state index in [9.17, 15) is 0 Å². The molecule has 1 nitrogen and oxygen atoms in total. The Morgan fingerprint density at radius 2 is 1.69 bits per heavy atom. The number of fused-ring (bicyclic) bond motifs is 11. The van der Waals surface area contributed by atoms with Gasteiger partial charge in [0, 0.05) is 5.56 Å². The third kappa shape index (κ3) is 3.44. The van der Waals surface area contributed by atoms with E-state index in [0.717, 1.165) is 65.6 Å². The van der Waals surface area contributed by atoms with Crippen LogP contribution in [0.1, 0.15) is 51.5 Å². The van der Waals surface area contributed by atoms with Crippen LogP contribution in [0.4, 0.5) is 0 Å². The lowest BCUT2D eigenvalue weighted by Gasteiger charge is -2.33. The highest BCUT2D eigenvalue weighted by Gasteiger charge is 2.59. The largest absolute Gasteiger partial charge is 0.493 e. The number of allylic oxidation sites excluding steroid dienone is 7. The lowest BCUT2D eigenvalue weighted by atomic mass is 9.71. The maximum absolute atomic E-state index is 6.04. The first-order chi connectivity index (χ1) is 15.7. The maximum atomic E-state index is 6.04. The normalized spacial score (nSPS) is 42.8. The van der Waals surface area contributed by atoms with E-state index < -0.39 is 0 Å². The molecule has 9 atom stereocenters. The van der Waals surface area contributed by atoms with E-state index in [2.05, 4.69) is 67.7 Å². The van der Waals surface area contributed by atoms with Crippen molar-refractivity contribution in [2.75, 3.05) is 6.61 Å². The summed E-state index contributed by atoms with van der Waals surface area (Å²) in [6, 6.07) is 8.28. The number of hydrogen-bond donors (Lipinski definition) is 0. The van der Waals surface area contributed by atoms with Gasteiger partial charge in [-0.05, 0) is 105 Å². The number of para-hydroxylation sites is 1. The van der Waals surface area contributed by atoms with Gasteiger partial charge in [-0.3, -0.25) is 0 Å². The van der Waals surface area contributed by atoms with Crippen LogP contribution in [0.25, 0.3) is 6.08 Å². The highest BCUT2D eigenvalue weighted by Crippen LogP contribution is 2.66. The minimum Gasteiger partial charge on any atom is -0.493 e. The summed E-state index contributed by atoms with van der Waals surface area (Å²) in [6.45, 7) is 5.14. The second-order valence-electron chi connectivity index (χ2n) is 11.2. The predicted octanol–water partition coefficient (Wildman–Crippen LogP) is 7.72. The number of benzene rings is 1. The van der Waals surface area contributed by atoms with Crippen molar-refractivity contribution in [3.05, 3.63) is 71.9 Å². The first-order valence-electron chi connectivity index (χ1n) is 13.1. The second kappa shape index (κ2) is 8.40. The highest BCUT2D eigenvalue weighted by molar-refractivity contribution is 5.56. The van der Waals surface area contributed by atoms with Crippen molar-refractivity contribution in [3.8, 4) is 5.75 Å². The van der Waals surface area contributed by atoms with Crippen LogP contribution in [0.3, 0.4) is 0 Å². The molecule has 9 unspecified atom stereocenters. The Morgan fingerprint density at radius 1 is 0.875 bits per heavy atom. The van der Waals surface area contributed by atoms with Gasteiger partial charge in [0.15, 0.2) is 0 Å². The van der Waals surface area contributed by atoms with Gasteiger partial charge in [0.05, 0.1) is 6.61 Å². The fraction of sp³-hybridized carbons (Fsp3) is 0.548. The highest BCUT2D eigenvalue weighted by atomic mass is 16.5. The number of ether oxygens (including phenoxy) is 1. The molecule has 0 radical (unpaired) electrons. The zero-order valence-corrected chi connectivity index (χ0v) is 19.7. The quantitative estimate of drug-likeness (QED) is 0.354. The molecule has 0 spiro atoms. The van der Waals surface area contributed by atoms with E-state index in [1.54, 1.807) is 5.57 Å². The molecule has 6 aliphatic carbocycles. The zero-order chi connectivity index (χ0) is 21.7. The molecule has 7 rings (SSSR count). The maximum Gasteiger partial charge on any atom is 0.126 e. The molecule has 1 aromatic rings. The third-order valence-corrected chi connectivity index (χ3v) is 9.63. The zero-order valence-electron chi connectivity index (χ0n) is 19.7. The van der Waals surface area contributed by atoms with Crippen molar-refractivity contribution < 1.29 is 4.74 Å². The Labute approximate surface area is 194 Å². The number of rotatable bonds is 4. The SMILES string of the molecule is C/C=C/c1ccccc1OCC1CC2C=CC1C2.C/C=C1\CC2CC1C1C3C=CC(C3)C21. The Balaban J connectivity index is 0.000000125. The summed E-state index contributed by atoms with van der Waals surface area (Å²) in [5.74, 6) is 9.51. The molecule has 0 heterocycles. The summed E-state index contributed by atoms with van der Waals surface area (Å²) in [4.78, 5) is 0. The summed E-state index contributed by atoms with van der Waals surface area (Å²) in [5, 5.41) is 0. The molecule has 1 aromatic carbocycles. The third-order valence-electron chi connectivity index (χ3n) is 9.63. The van der Waals surface area contributed by atoms with Gasteiger partial charge in [-0.15, -0.1) is 0 Å². The lowest BCUT2D eigenvalue weighted by molar-refractivity contribution is 0.227. The van der Waals surface area contributed by atoms with Crippen molar-refractivity contribution in [1.82, 2.24) is 0 Å². The van der Waals surface area contributed by atoms with E-state index in [-0.39, 0.29) is 0 Å². The van der Waals surface area contributed by atoms with Gasteiger partial charge in [-0.2, -0.15) is 0 Å². The molecule has 0 amide bonds. The van der Waals surface area contributed by atoms with E-state index in [1.807, 2.05) is 13.0 Å². The Bertz CT molecular complexity index is 964. The molecule has 32 heavy (non-hydrogen) atoms. The van der Waals surface area contributed by atoms with E-state index in [1.165, 1.54) is 37.7 Å². The van der Waals surface area contributed by atoms with E-state index >= 15 is 0 Å². The Hall–Kier alpha value is -2.02. The molecule has 6 aliphatic rings. The molecule has 1 heteroatoms. The molecular weight excluding hydrogens is 388 g/mol. The molecular formula is C31H38O. The summed E-state index contributed by atoms with van der Waals surface area (Å²) in [7, 11) is 0. The van der Waals surface area contributed by atoms with Crippen LogP contribution in [0.2, 0.25) is 0 Å². The van der Waals surface area contributed by atoms with Gasteiger partial charge >= 0.3 is 0 Å². The van der Waals surface area contributed by atoms with Crippen molar-refractivity contribution in [1.29, 1.82) is 0 Å². The first-order valence-corrected chi connectivity index (χ1v) is 13.1. The molecule has 168 valence electrons. The average Bonchev–Trinajstić information content (AvgIpc) is 3.65. The average molecular weight is 427 g/mol. The molecule has 0 aromatic heterocycles. The van der Waals surface area contributed by atoms with Gasteiger partial charge in [-0.25, -0.2) is 0 Å². The molecule has 0 aliphatic heterocycles. The van der Waals surface area contributed by atoms with Gasteiger partial charge < -0.3 is 4.74 Å². The van der Waals surface area contributed by atoms with Gasteiger partial charge in [0.1, 0.15) is 5.75 Å². The van der Waals surface area contributed by atoms with E-state index in [0.29, 0.717) is 0 Å². The van der Waals surface area contributed by atoms with Crippen molar-refractivity contribution in [2.45, 2.75) is 46.0 Å². The van der Waals surface area contributed by atoms with Crippen LogP contribution in [0, 0.1) is 53.3 Å². The van der Waals surface area contributed by atoms with E-state index in [4.69, 9.17) is 4.74 Å². The van der Waals surface area contributed by atoms with Gasteiger partial charge in [0.2, 0.25) is 0 Å². The molecule has 6 bridgehead atoms. The minimum absolute atomic E-state index is 0.721. The van der Waals surface area contributed by atoms with Crippen LogP contribution in [-0.4, -0.2) is 6.61 Å². The standard InChI is InChI=1S/C17H20O.C14H18/c1-2-5-14-6-3-4-7-17(14)18-12-16-11-13-8-9-15(16)10-13;1-2-8-5-11-7-12(8)14-10-4-3-9(6-10)13(11)14/h2-9,13,15-16H,10-12H2,1H3;2-4,9-14H,5-7H2,1H3/b5-2+;8-2+. The van der Waals surface area contributed by atoms with Crippen LogP contribution >= 0.6 is 0 Å². The van der Waals surface area contributed by atoms with Crippen LogP contribution in [0.15, 0.2) is 66.3 Å². The van der Waals surface area contributed by atoms with Crippen LogP contribution < -0.4 is 4.74 Å². The fourth-order valence-corrected chi connectivity index (χ4v) is 8.39. The van der Waals surface area contributed by atoms with Crippen LogP contribution in [-0.2, 0) is 0 Å². The second-order valence-corrected chi connectivity index (χ2v) is 11.2. The molecule has 0 saturated heterocycles. The van der Waals surface area contributed by atoms with Crippen molar-refractivity contribution in [2.24, 2.45) is 53.3 Å². The summed E-state index contributed by atoms with van der Waals surface area (Å²) >= 11 is 0. The fourth-order valence-electron chi connectivity index (χ4n) is 8.39. The topological polar surface area (TPSA) is 9.23 Å². The summed E-state index contributed by atoms with van der Waals surface area (Å²) in [6.07, 6.45) is 23.5. The minimum atomic E-state index is 0.721. The molecule has 4 saturated carbocycles. The van der Waals surface area contributed by atoms with Crippen molar-refractivity contribution >= 4 is 6.08 Å². The smallest absolute Gasteiger partial charge is 0.126 e. The molecule has 0 N–H and O–H groups in total. The predicted molar refractivity (Wildman–Crippen MR) is 133 cm³/mol. The Kier molecular flexibility index (Phi) is 5.40. The monoisotopic (exact) mass is 426 g/mol. The van der Waals surface area contributed by atoms with Crippen molar-refractivity contribution in [3.63, 3.8) is 0 Å². The van der Waals surface area contributed by atoms with Gasteiger partial charge in [0.25, 0.3) is 0 Å². The number of hydrogen-bond acceptors (Lipinski definition) is 1. The summed E-state index contributed by atoms with van der Waals surface area (Å²) in [5.41, 5.74) is 2.98. The first kappa shape index (κ1) is 20.6. The van der Waals surface area contributed by atoms with Crippen LogP contribution in [0.5, 0.6) is 5.75 Å². The molecule has 4 fully saturated rings.